The van der Waals surface area contributed by atoms with E-state index >= 15 is 0 Å². The monoisotopic (exact) mass is 290 g/mol. The van der Waals surface area contributed by atoms with Crippen molar-refractivity contribution in [1.82, 2.24) is 0 Å². The van der Waals surface area contributed by atoms with Crippen molar-refractivity contribution < 1.29 is 4.42 Å². The van der Waals surface area contributed by atoms with Crippen LogP contribution in [-0.4, -0.2) is 0 Å². The van der Waals surface area contributed by atoms with Crippen molar-refractivity contribution in [2.45, 2.75) is 18.8 Å². The molecular weight excluding hydrogens is 272 g/mol. The van der Waals surface area contributed by atoms with Crippen molar-refractivity contribution in [3.05, 3.63) is 106 Å². The van der Waals surface area contributed by atoms with E-state index in [9.17, 15) is 4.79 Å². The second-order valence-corrected chi connectivity index (χ2v) is 5.34. The lowest BCUT2D eigenvalue weighted by Crippen LogP contribution is -2.09. The largest absolute Gasteiger partial charge is 0.431 e. The topological polar surface area (TPSA) is 30.2 Å². The maximum absolute atomic E-state index is 11.7. The SMILES string of the molecule is O=c1occcc1CCC(c1ccccc1)c1ccccc1. The Morgan fingerprint density at radius 3 is 1.91 bits per heavy atom. The van der Waals surface area contributed by atoms with Crippen LogP contribution in [0.25, 0.3) is 0 Å². The van der Waals surface area contributed by atoms with Gasteiger partial charge in [0.1, 0.15) is 0 Å². The summed E-state index contributed by atoms with van der Waals surface area (Å²) in [4.78, 5) is 11.7. The molecule has 0 aliphatic heterocycles. The van der Waals surface area contributed by atoms with E-state index in [1.54, 1.807) is 6.07 Å². The van der Waals surface area contributed by atoms with Gasteiger partial charge in [-0.05, 0) is 36.1 Å². The first kappa shape index (κ1) is 14.3. The molecule has 0 N–H and O–H groups in total. The lowest BCUT2D eigenvalue weighted by molar-refractivity contribution is 0.498. The minimum atomic E-state index is -0.234. The van der Waals surface area contributed by atoms with Gasteiger partial charge >= 0.3 is 5.63 Å². The summed E-state index contributed by atoms with van der Waals surface area (Å²) < 4.78 is 4.95. The van der Waals surface area contributed by atoms with Gasteiger partial charge in [0, 0.05) is 11.5 Å². The number of hydrogen-bond acceptors (Lipinski definition) is 2. The summed E-state index contributed by atoms with van der Waals surface area (Å²) in [5.41, 5.74) is 3.05. The summed E-state index contributed by atoms with van der Waals surface area (Å²) in [6.07, 6.45) is 3.01. The van der Waals surface area contributed by atoms with Gasteiger partial charge in [-0.15, -0.1) is 0 Å². The molecule has 0 fully saturated rings. The van der Waals surface area contributed by atoms with Crippen molar-refractivity contribution in [3.63, 3.8) is 0 Å². The molecule has 0 radical (unpaired) electrons. The van der Waals surface area contributed by atoms with E-state index in [-0.39, 0.29) is 11.5 Å². The zero-order valence-corrected chi connectivity index (χ0v) is 12.3. The standard InChI is InChI=1S/C20H18O2/c21-20-18(12-7-15-22-20)13-14-19(16-8-3-1-4-9-16)17-10-5-2-6-11-17/h1-12,15,19H,13-14H2. The van der Waals surface area contributed by atoms with Crippen molar-refractivity contribution >= 4 is 0 Å². The van der Waals surface area contributed by atoms with E-state index < -0.39 is 0 Å². The molecule has 0 saturated heterocycles. The van der Waals surface area contributed by atoms with Gasteiger partial charge in [0.2, 0.25) is 0 Å². The number of benzene rings is 2. The maximum atomic E-state index is 11.7. The van der Waals surface area contributed by atoms with Gasteiger partial charge in [-0.1, -0.05) is 60.7 Å². The Bertz CT molecular complexity index is 721. The van der Waals surface area contributed by atoms with Crippen LogP contribution in [0, 0.1) is 0 Å². The third kappa shape index (κ3) is 3.34. The minimum Gasteiger partial charge on any atom is -0.431 e. The Hall–Kier alpha value is -2.61. The lowest BCUT2D eigenvalue weighted by atomic mass is 9.86. The highest BCUT2D eigenvalue weighted by Crippen LogP contribution is 2.28. The third-order valence-corrected chi connectivity index (χ3v) is 3.92. The van der Waals surface area contributed by atoms with Crippen LogP contribution in [0.4, 0.5) is 0 Å². The van der Waals surface area contributed by atoms with E-state index in [0.29, 0.717) is 6.42 Å². The van der Waals surface area contributed by atoms with Gasteiger partial charge in [0.25, 0.3) is 0 Å². The molecule has 1 aromatic heterocycles. The molecule has 0 amide bonds. The van der Waals surface area contributed by atoms with E-state index in [2.05, 4.69) is 48.5 Å². The first-order valence-electron chi connectivity index (χ1n) is 7.51. The maximum Gasteiger partial charge on any atom is 0.338 e. The zero-order chi connectivity index (χ0) is 15.2. The van der Waals surface area contributed by atoms with E-state index in [0.717, 1.165) is 12.0 Å². The smallest absolute Gasteiger partial charge is 0.338 e. The normalized spacial score (nSPS) is 10.8. The van der Waals surface area contributed by atoms with Gasteiger partial charge in [0.05, 0.1) is 6.26 Å². The molecule has 0 bridgehead atoms. The van der Waals surface area contributed by atoms with Gasteiger partial charge < -0.3 is 4.42 Å². The van der Waals surface area contributed by atoms with Gasteiger partial charge in [-0.2, -0.15) is 0 Å². The highest BCUT2D eigenvalue weighted by Gasteiger charge is 2.14. The van der Waals surface area contributed by atoms with Gasteiger partial charge in [0.15, 0.2) is 0 Å². The molecule has 0 atom stereocenters. The molecule has 0 spiro atoms. The van der Waals surface area contributed by atoms with Crippen molar-refractivity contribution in [3.8, 4) is 0 Å². The Balaban J connectivity index is 1.87. The Kier molecular flexibility index (Phi) is 4.50. The highest BCUT2D eigenvalue weighted by molar-refractivity contribution is 5.32. The summed E-state index contributed by atoms with van der Waals surface area (Å²) in [5, 5.41) is 0. The summed E-state index contributed by atoms with van der Waals surface area (Å²) >= 11 is 0. The molecule has 3 aromatic rings. The number of rotatable bonds is 5. The van der Waals surface area contributed by atoms with Gasteiger partial charge in [-0.3, -0.25) is 0 Å². The molecule has 2 aromatic carbocycles. The van der Waals surface area contributed by atoms with Crippen LogP contribution < -0.4 is 5.63 Å². The van der Waals surface area contributed by atoms with Crippen molar-refractivity contribution in [2.75, 3.05) is 0 Å². The second-order valence-electron chi connectivity index (χ2n) is 5.34. The summed E-state index contributed by atoms with van der Waals surface area (Å²) in [6.45, 7) is 0. The Labute approximate surface area is 130 Å². The summed E-state index contributed by atoms with van der Waals surface area (Å²) in [6, 6.07) is 24.5. The summed E-state index contributed by atoms with van der Waals surface area (Å²) in [7, 11) is 0. The minimum absolute atomic E-state index is 0.234. The third-order valence-electron chi connectivity index (χ3n) is 3.92. The molecular formula is C20H18O2. The number of aryl methyl sites for hydroxylation is 1. The van der Waals surface area contributed by atoms with Crippen LogP contribution in [-0.2, 0) is 6.42 Å². The first-order chi connectivity index (χ1) is 10.8. The molecule has 1 heterocycles. The predicted molar refractivity (Wildman–Crippen MR) is 88.0 cm³/mol. The number of hydrogen-bond donors (Lipinski definition) is 0. The predicted octanol–water partition coefficient (Wildman–Crippen LogP) is 4.40. The molecule has 0 saturated carbocycles. The van der Waals surface area contributed by atoms with Crippen LogP contribution >= 0.6 is 0 Å². The quantitative estimate of drug-likeness (QED) is 0.697. The lowest BCUT2D eigenvalue weighted by Gasteiger charge is -2.17. The first-order valence-corrected chi connectivity index (χ1v) is 7.51. The second kappa shape index (κ2) is 6.90. The molecule has 22 heavy (non-hydrogen) atoms. The van der Waals surface area contributed by atoms with Crippen LogP contribution in [0.2, 0.25) is 0 Å². The van der Waals surface area contributed by atoms with Crippen LogP contribution in [0.1, 0.15) is 29.0 Å². The molecule has 3 rings (SSSR count). The molecule has 0 unspecified atom stereocenters. The molecule has 2 nitrogen and oxygen atoms in total. The van der Waals surface area contributed by atoms with Crippen LogP contribution in [0.3, 0.4) is 0 Å². The van der Waals surface area contributed by atoms with Crippen LogP contribution in [0.15, 0.2) is 88.3 Å². The van der Waals surface area contributed by atoms with Gasteiger partial charge in [-0.25, -0.2) is 4.79 Å². The Morgan fingerprint density at radius 1 is 0.773 bits per heavy atom. The molecule has 0 aliphatic carbocycles. The fraction of sp³-hybridized carbons (Fsp3) is 0.150. The average molecular weight is 290 g/mol. The highest BCUT2D eigenvalue weighted by atomic mass is 16.4. The fourth-order valence-corrected chi connectivity index (χ4v) is 2.78. The van der Waals surface area contributed by atoms with Crippen molar-refractivity contribution in [1.29, 1.82) is 0 Å². The zero-order valence-electron chi connectivity index (χ0n) is 12.3. The van der Waals surface area contributed by atoms with E-state index in [4.69, 9.17) is 4.42 Å². The van der Waals surface area contributed by atoms with E-state index in [1.165, 1.54) is 17.4 Å². The van der Waals surface area contributed by atoms with Crippen LogP contribution in [0.5, 0.6) is 0 Å². The molecule has 2 heteroatoms. The summed E-state index contributed by atoms with van der Waals surface area (Å²) in [5.74, 6) is 0.280. The molecule has 110 valence electrons. The fourth-order valence-electron chi connectivity index (χ4n) is 2.78. The average Bonchev–Trinajstić information content (AvgIpc) is 2.59. The Morgan fingerprint density at radius 2 is 1.36 bits per heavy atom. The molecule has 0 aliphatic rings. The van der Waals surface area contributed by atoms with E-state index in [1.807, 2.05) is 18.2 Å². The van der Waals surface area contributed by atoms with Crippen molar-refractivity contribution in [2.24, 2.45) is 0 Å².